The van der Waals surface area contributed by atoms with Gasteiger partial charge in [-0.1, -0.05) is 11.6 Å². The Balaban J connectivity index is 1.91. The lowest BCUT2D eigenvalue weighted by Crippen LogP contribution is -2.31. The summed E-state index contributed by atoms with van der Waals surface area (Å²) in [4.78, 5) is 10.6. The smallest absolute Gasteiger partial charge is 0.161 e. The average molecular weight is 306 g/mol. The third-order valence-corrected chi connectivity index (χ3v) is 3.82. The van der Waals surface area contributed by atoms with E-state index in [1.54, 1.807) is 20.4 Å². The Morgan fingerprint density at radius 3 is 2.48 bits per heavy atom. The Kier molecular flexibility index (Phi) is 3.84. The Bertz CT molecular complexity index is 663. The van der Waals surface area contributed by atoms with Crippen molar-refractivity contribution in [3.05, 3.63) is 40.8 Å². The van der Waals surface area contributed by atoms with Crippen LogP contribution in [0.3, 0.4) is 0 Å². The molecular weight excluding hydrogens is 290 g/mol. The van der Waals surface area contributed by atoms with Gasteiger partial charge in [-0.2, -0.15) is 0 Å². The van der Waals surface area contributed by atoms with Crippen molar-refractivity contribution in [3.8, 4) is 11.5 Å². The van der Waals surface area contributed by atoms with E-state index in [0.29, 0.717) is 5.15 Å². The molecule has 1 aromatic carbocycles. The average Bonchev–Trinajstić information content (AvgIpc) is 2.53. The van der Waals surface area contributed by atoms with Crippen LogP contribution in [0.2, 0.25) is 5.15 Å². The molecule has 5 nitrogen and oxygen atoms in total. The first-order valence-corrected chi connectivity index (χ1v) is 7.05. The Morgan fingerprint density at radius 1 is 1.10 bits per heavy atom. The van der Waals surface area contributed by atoms with Gasteiger partial charge >= 0.3 is 0 Å². The van der Waals surface area contributed by atoms with Gasteiger partial charge in [0.1, 0.15) is 11.0 Å². The van der Waals surface area contributed by atoms with Crippen LogP contribution in [0, 0.1) is 0 Å². The summed E-state index contributed by atoms with van der Waals surface area (Å²) in [5.74, 6) is 2.31. The maximum Gasteiger partial charge on any atom is 0.161 e. The summed E-state index contributed by atoms with van der Waals surface area (Å²) in [6.07, 6.45) is 4.19. The van der Waals surface area contributed by atoms with Gasteiger partial charge in [0.15, 0.2) is 11.5 Å². The summed E-state index contributed by atoms with van der Waals surface area (Å²) in [6.45, 7) is 1.63. The number of hydrogen-bond donors (Lipinski definition) is 0. The van der Waals surface area contributed by atoms with Crippen molar-refractivity contribution in [2.24, 2.45) is 0 Å². The minimum Gasteiger partial charge on any atom is -0.493 e. The first-order valence-electron chi connectivity index (χ1n) is 6.67. The predicted molar refractivity (Wildman–Crippen MR) is 81.3 cm³/mol. The first-order chi connectivity index (χ1) is 10.2. The van der Waals surface area contributed by atoms with E-state index in [9.17, 15) is 0 Å². The van der Waals surface area contributed by atoms with E-state index in [-0.39, 0.29) is 0 Å². The molecule has 1 aliphatic rings. The van der Waals surface area contributed by atoms with Crippen LogP contribution in [0.1, 0.15) is 11.1 Å². The number of benzene rings is 1. The Hall–Kier alpha value is -2.01. The topological polar surface area (TPSA) is 47.5 Å². The molecule has 0 amide bonds. The van der Waals surface area contributed by atoms with Gasteiger partial charge in [0, 0.05) is 13.1 Å². The lowest BCUT2D eigenvalue weighted by atomic mass is 9.99. The highest BCUT2D eigenvalue weighted by Gasteiger charge is 2.20. The molecular formula is C15H16ClN3O2. The summed E-state index contributed by atoms with van der Waals surface area (Å²) in [7, 11) is 3.30. The molecule has 0 aliphatic carbocycles. The second-order valence-corrected chi connectivity index (χ2v) is 5.23. The van der Waals surface area contributed by atoms with E-state index in [1.807, 2.05) is 6.07 Å². The molecule has 0 saturated heterocycles. The van der Waals surface area contributed by atoms with Gasteiger partial charge < -0.3 is 14.4 Å². The molecule has 0 bridgehead atoms. The number of rotatable bonds is 3. The van der Waals surface area contributed by atoms with E-state index in [0.717, 1.165) is 36.8 Å². The summed E-state index contributed by atoms with van der Waals surface area (Å²) in [5, 5.41) is 0.408. The molecule has 0 spiro atoms. The van der Waals surface area contributed by atoms with Gasteiger partial charge in [0.25, 0.3) is 0 Å². The highest BCUT2D eigenvalue weighted by molar-refractivity contribution is 6.29. The van der Waals surface area contributed by atoms with Gasteiger partial charge in [-0.05, 0) is 29.7 Å². The van der Waals surface area contributed by atoms with Crippen LogP contribution in [0.4, 0.5) is 5.82 Å². The molecule has 110 valence electrons. The van der Waals surface area contributed by atoms with E-state index in [1.165, 1.54) is 17.3 Å². The molecule has 1 aromatic heterocycles. The fourth-order valence-corrected chi connectivity index (χ4v) is 2.71. The van der Waals surface area contributed by atoms with Crippen molar-refractivity contribution < 1.29 is 9.47 Å². The summed E-state index contributed by atoms with van der Waals surface area (Å²) >= 11 is 5.91. The standard InChI is InChI=1S/C15H16ClN3O2/c1-20-12-5-10-3-4-19(9-11(10)6-13(12)21-2)15-8-17-7-14(16)18-15/h5-8H,3-4,9H2,1-2H3. The number of aromatic nitrogens is 2. The number of fused-ring (bicyclic) bond motifs is 1. The molecule has 1 aliphatic heterocycles. The van der Waals surface area contributed by atoms with Crippen molar-refractivity contribution in [3.63, 3.8) is 0 Å². The van der Waals surface area contributed by atoms with Crippen molar-refractivity contribution >= 4 is 17.4 Å². The minimum atomic E-state index is 0.408. The monoisotopic (exact) mass is 305 g/mol. The van der Waals surface area contributed by atoms with Gasteiger partial charge in [0.05, 0.1) is 26.6 Å². The Morgan fingerprint density at radius 2 is 1.81 bits per heavy atom. The minimum absolute atomic E-state index is 0.408. The molecule has 3 rings (SSSR count). The maximum absolute atomic E-state index is 5.91. The fourth-order valence-electron chi connectivity index (χ4n) is 2.56. The zero-order chi connectivity index (χ0) is 14.8. The summed E-state index contributed by atoms with van der Waals surface area (Å²) < 4.78 is 10.7. The number of hydrogen-bond acceptors (Lipinski definition) is 5. The van der Waals surface area contributed by atoms with Crippen LogP contribution in [0.15, 0.2) is 24.5 Å². The summed E-state index contributed by atoms with van der Waals surface area (Å²) in [6, 6.07) is 4.08. The van der Waals surface area contributed by atoms with Crippen molar-refractivity contribution in [2.45, 2.75) is 13.0 Å². The lowest BCUT2D eigenvalue weighted by Gasteiger charge is -2.30. The maximum atomic E-state index is 5.91. The van der Waals surface area contributed by atoms with Gasteiger partial charge in [-0.3, -0.25) is 4.98 Å². The molecule has 0 atom stereocenters. The van der Waals surface area contributed by atoms with Crippen LogP contribution in [0.5, 0.6) is 11.5 Å². The normalized spacial score (nSPS) is 13.8. The summed E-state index contributed by atoms with van der Waals surface area (Å²) in [5.41, 5.74) is 2.49. The molecule has 0 unspecified atom stereocenters. The number of ether oxygens (including phenoxy) is 2. The quantitative estimate of drug-likeness (QED) is 0.872. The number of methoxy groups -OCH3 is 2. The number of halogens is 1. The number of nitrogens with zero attached hydrogens (tertiary/aromatic N) is 3. The van der Waals surface area contributed by atoms with Crippen LogP contribution >= 0.6 is 11.6 Å². The third kappa shape index (κ3) is 2.74. The van der Waals surface area contributed by atoms with E-state index >= 15 is 0 Å². The number of anilines is 1. The van der Waals surface area contributed by atoms with Gasteiger partial charge in [-0.15, -0.1) is 0 Å². The SMILES string of the molecule is COc1cc2c(cc1OC)CN(c1cncc(Cl)n1)CC2. The highest BCUT2D eigenvalue weighted by Crippen LogP contribution is 2.34. The van der Waals surface area contributed by atoms with Crippen LogP contribution in [-0.2, 0) is 13.0 Å². The molecule has 2 aromatic rings. The lowest BCUT2D eigenvalue weighted by molar-refractivity contribution is 0.353. The van der Waals surface area contributed by atoms with Gasteiger partial charge in [0.2, 0.25) is 0 Å². The first kappa shape index (κ1) is 13.9. The van der Waals surface area contributed by atoms with Crippen molar-refractivity contribution in [1.82, 2.24) is 9.97 Å². The van der Waals surface area contributed by atoms with Crippen LogP contribution < -0.4 is 14.4 Å². The van der Waals surface area contributed by atoms with E-state index in [4.69, 9.17) is 21.1 Å². The zero-order valence-electron chi connectivity index (χ0n) is 12.0. The largest absolute Gasteiger partial charge is 0.493 e. The van der Waals surface area contributed by atoms with Crippen molar-refractivity contribution in [1.29, 1.82) is 0 Å². The molecule has 21 heavy (non-hydrogen) atoms. The Labute approximate surface area is 128 Å². The second kappa shape index (κ2) is 5.77. The van der Waals surface area contributed by atoms with E-state index < -0.39 is 0 Å². The molecule has 0 saturated carbocycles. The third-order valence-electron chi connectivity index (χ3n) is 3.63. The van der Waals surface area contributed by atoms with E-state index in [2.05, 4.69) is 20.9 Å². The molecule has 0 N–H and O–H groups in total. The molecule has 2 heterocycles. The molecule has 6 heteroatoms. The fraction of sp³-hybridized carbons (Fsp3) is 0.333. The van der Waals surface area contributed by atoms with Crippen LogP contribution in [-0.4, -0.2) is 30.7 Å². The molecule has 0 fully saturated rings. The van der Waals surface area contributed by atoms with Gasteiger partial charge in [-0.25, -0.2) is 4.98 Å². The zero-order valence-corrected chi connectivity index (χ0v) is 12.7. The van der Waals surface area contributed by atoms with Crippen molar-refractivity contribution in [2.75, 3.05) is 25.7 Å². The van der Waals surface area contributed by atoms with Crippen LogP contribution in [0.25, 0.3) is 0 Å². The molecule has 0 radical (unpaired) electrons. The second-order valence-electron chi connectivity index (χ2n) is 4.85. The predicted octanol–water partition coefficient (Wildman–Crippen LogP) is 2.71. The highest BCUT2D eigenvalue weighted by atomic mass is 35.5.